The lowest BCUT2D eigenvalue weighted by molar-refractivity contribution is -0.152. The summed E-state index contributed by atoms with van der Waals surface area (Å²) in [5.41, 5.74) is 10.9. The van der Waals surface area contributed by atoms with Gasteiger partial charge in [-0.15, -0.1) is 0 Å². The van der Waals surface area contributed by atoms with E-state index >= 15 is 19.2 Å². The lowest BCUT2D eigenvalue weighted by Crippen LogP contribution is -2.53. The van der Waals surface area contributed by atoms with Gasteiger partial charge in [-0.1, -0.05) is 212 Å². The SMILES string of the molecule is CC(=O)N(CC(=O)N(CC(=O)N(CC(=O)N(CC(=O)N(CC(=O)N(CC(=O)N(CC(N)=O)[C@@H](C)c1ccccc1)[C@@H](C)c1ccccc1)[C@@H](C)c1ccccc1)[C@@H](C)c1ccccc1)[C@@H](C)c1ccccc1)[C@@H](C)c1ccccc1)[C@@H](C)c1ccccc1. The minimum absolute atomic E-state index is 0.330. The van der Waals surface area contributed by atoms with Crippen molar-refractivity contribution >= 4 is 47.3 Å². The van der Waals surface area contributed by atoms with Crippen LogP contribution < -0.4 is 5.73 Å². The molecule has 0 unspecified atom stereocenters. The molecular weight excluding hydrogens is 1100 g/mol. The molecular formula is C72H82N8O8. The molecule has 0 bridgehead atoms. The molecule has 0 aliphatic heterocycles. The molecule has 16 heteroatoms. The monoisotopic (exact) mass is 1190 g/mol. The maximum absolute atomic E-state index is 15.7. The van der Waals surface area contributed by atoms with Crippen molar-refractivity contribution in [2.45, 2.75) is 97.7 Å². The van der Waals surface area contributed by atoms with Crippen molar-refractivity contribution in [3.63, 3.8) is 0 Å². The molecule has 88 heavy (non-hydrogen) atoms. The Labute approximate surface area is 518 Å². The number of benzene rings is 7. The van der Waals surface area contributed by atoms with Gasteiger partial charge in [0.1, 0.15) is 39.3 Å². The molecule has 0 radical (unpaired) electrons. The van der Waals surface area contributed by atoms with Gasteiger partial charge in [-0.25, -0.2) is 0 Å². The summed E-state index contributed by atoms with van der Waals surface area (Å²) < 4.78 is 0. The minimum atomic E-state index is -0.762. The van der Waals surface area contributed by atoms with E-state index in [1.165, 1.54) is 41.2 Å². The van der Waals surface area contributed by atoms with E-state index in [2.05, 4.69) is 0 Å². The van der Waals surface area contributed by atoms with Gasteiger partial charge < -0.3 is 40.0 Å². The minimum Gasteiger partial charge on any atom is -0.368 e. The van der Waals surface area contributed by atoms with Crippen molar-refractivity contribution in [1.82, 2.24) is 34.3 Å². The number of nitrogens with zero attached hydrogens (tertiary/aromatic N) is 7. The van der Waals surface area contributed by atoms with Crippen molar-refractivity contribution in [2.75, 3.05) is 45.8 Å². The molecule has 0 aliphatic carbocycles. The van der Waals surface area contributed by atoms with Crippen molar-refractivity contribution < 1.29 is 38.4 Å². The summed E-state index contributed by atoms with van der Waals surface area (Å²) in [5.74, 6) is -4.45. The summed E-state index contributed by atoms with van der Waals surface area (Å²) in [4.78, 5) is 128. The quantitative estimate of drug-likeness (QED) is 0.0502. The highest BCUT2D eigenvalue weighted by molar-refractivity contribution is 5.94. The number of amides is 8. The Morgan fingerprint density at radius 2 is 0.386 bits per heavy atom. The molecule has 0 aliphatic rings. The first kappa shape index (κ1) is 65.8. The van der Waals surface area contributed by atoms with Gasteiger partial charge in [0.05, 0.1) is 48.8 Å². The summed E-state index contributed by atoms with van der Waals surface area (Å²) in [6.45, 7) is 10.7. The third-order valence-corrected chi connectivity index (χ3v) is 16.7. The zero-order valence-corrected chi connectivity index (χ0v) is 51.7. The molecule has 0 fully saturated rings. The van der Waals surface area contributed by atoms with Gasteiger partial charge in [0.2, 0.25) is 47.3 Å². The van der Waals surface area contributed by atoms with Gasteiger partial charge in [0.25, 0.3) is 0 Å². The van der Waals surface area contributed by atoms with E-state index in [1.54, 1.807) is 34.6 Å². The van der Waals surface area contributed by atoms with Gasteiger partial charge in [-0.2, -0.15) is 0 Å². The van der Waals surface area contributed by atoms with Gasteiger partial charge >= 0.3 is 0 Å². The maximum Gasteiger partial charge on any atom is 0.243 e. The van der Waals surface area contributed by atoms with E-state index in [0.29, 0.717) is 22.3 Å². The van der Waals surface area contributed by atoms with Crippen LogP contribution >= 0.6 is 0 Å². The summed E-state index contributed by atoms with van der Waals surface area (Å²) in [7, 11) is 0. The average molecular weight is 1190 g/mol. The first-order chi connectivity index (χ1) is 42.2. The largest absolute Gasteiger partial charge is 0.368 e. The second-order valence-corrected chi connectivity index (χ2v) is 22.3. The summed E-state index contributed by atoms with van der Waals surface area (Å²) in [5, 5.41) is 0. The molecule has 7 aromatic carbocycles. The van der Waals surface area contributed by atoms with Crippen LogP contribution in [0.1, 0.15) is 137 Å². The molecule has 0 saturated carbocycles. The summed E-state index contributed by atoms with van der Waals surface area (Å²) in [6, 6.07) is 59.9. The van der Waals surface area contributed by atoms with Crippen LogP contribution in [0.25, 0.3) is 0 Å². The Kier molecular flexibility index (Phi) is 23.7. The number of hydrogen-bond donors (Lipinski definition) is 1. The third-order valence-electron chi connectivity index (χ3n) is 16.7. The Bertz CT molecular complexity index is 3420. The van der Waals surface area contributed by atoms with E-state index in [9.17, 15) is 19.2 Å². The van der Waals surface area contributed by atoms with Crippen LogP contribution in [-0.4, -0.2) is 127 Å². The average Bonchev–Trinajstić information content (AvgIpc) is 3.62. The normalized spacial score (nSPS) is 13.4. The highest BCUT2D eigenvalue weighted by Gasteiger charge is 2.38. The topological polar surface area (TPSA) is 185 Å². The number of rotatable bonds is 28. The van der Waals surface area contributed by atoms with E-state index in [4.69, 9.17) is 5.73 Å². The first-order valence-corrected chi connectivity index (χ1v) is 29.9. The summed E-state index contributed by atoms with van der Waals surface area (Å²) in [6.07, 6.45) is 0. The standard InChI is InChI=1S/C72H82N8O8/c1-51(59-30-16-9-17-31-59)74(58(8)81)45-67(83)76(53(3)61-34-20-11-21-35-61)47-69(85)78(55(5)63-38-24-13-25-39-63)49-71(87)80(57(7)65-42-28-15-29-43-65)50-72(88)79(56(6)64-40-26-14-27-41-64)48-70(86)77(54(4)62-36-22-12-23-37-62)46-68(84)75(44-66(73)82)52(2)60-32-18-10-19-33-60/h9-43,51-57H,44-50H2,1-8H3,(H2,73,82)/t51-,52-,53-,54-,55-,56-,57-/m0/s1. The predicted molar refractivity (Wildman–Crippen MR) is 341 cm³/mol. The third kappa shape index (κ3) is 17.3. The van der Waals surface area contributed by atoms with Crippen LogP contribution in [0.15, 0.2) is 212 Å². The van der Waals surface area contributed by atoms with E-state index < -0.39 is 123 Å². The number of nitrogens with two attached hydrogens (primary N) is 1. The lowest BCUT2D eigenvalue weighted by Gasteiger charge is -2.39. The molecule has 7 aromatic rings. The fraction of sp³-hybridized carbons (Fsp3) is 0.306. The van der Waals surface area contributed by atoms with Gasteiger partial charge in [0, 0.05) is 6.92 Å². The molecule has 16 nitrogen and oxygen atoms in total. The molecule has 458 valence electrons. The molecule has 0 aromatic heterocycles. The molecule has 7 atom stereocenters. The number of carbonyl (C=O) groups excluding carboxylic acids is 8. The van der Waals surface area contributed by atoms with Crippen molar-refractivity contribution in [1.29, 1.82) is 0 Å². The lowest BCUT2D eigenvalue weighted by atomic mass is 10.0. The van der Waals surface area contributed by atoms with Crippen LogP contribution in [-0.2, 0) is 38.4 Å². The van der Waals surface area contributed by atoms with E-state index in [-0.39, 0.29) is 12.5 Å². The Hall–Kier alpha value is -9.70. The summed E-state index contributed by atoms with van der Waals surface area (Å²) >= 11 is 0. The van der Waals surface area contributed by atoms with E-state index in [0.717, 1.165) is 16.7 Å². The van der Waals surface area contributed by atoms with Crippen molar-refractivity contribution in [3.8, 4) is 0 Å². The van der Waals surface area contributed by atoms with E-state index in [1.807, 2.05) is 226 Å². The molecule has 0 heterocycles. The Morgan fingerprint density at radius 1 is 0.250 bits per heavy atom. The van der Waals surface area contributed by atoms with Crippen LogP contribution in [0.2, 0.25) is 0 Å². The fourth-order valence-corrected chi connectivity index (χ4v) is 11.1. The van der Waals surface area contributed by atoms with Gasteiger partial charge in [0.15, 0.2) is 0 Å². The maximum atomic E-state index is 15.7. The van der Waals surface area contributed by atoms with Crippen molar-refractivity contribution in [3.05, 3.63) is 251 Å². The fourth-order valence-electron chi connectivity index (χ4n) is 11.1. The molecule has 8 amide bonds. The highest BCUT2D eigenvalue weighted by atomic mass is 16.2. The highest BCUT2D eigenvalue weighted by Crippen LogP contribution is 2.31. The predicted octanol–water partition coefficient (Wildman–Crippen LogP) is 10.6. The molecule has 2 N–H and O–H groups in total. The van der Waals surface area contributed by atoms with Crippen LogP contribution in [0.4, 0.5) is 0 Å². The molecule has 0 saturated heterocycles. The zero-order chi connectivity index (χ0) is 63.4. The number of hydrogen-bond acceptors (Lipinski definition) is 8. The van der Waals surface area contributed by atoms with Crippen LogP contribution in [0, 0.1) is 0 Å². The van der Waals surface area contributed by atoms with Crippen LogP contribution in [0.3, 0.4) is 0 Å². The second-order valence-electron chi connectivity index (χ2n) is 22.3. The second kappa shape index (κ2) is 31.6. The van der Waals surface area contributed by atoms with Gasteiger partial charge in [-0.05, 0) is 87.4 Å². The van der Waals surface area contributed by atoms with Gasteiger partial charge in [-0.3, -0.25) is 38.4 Å². The van der Waals surface area contributed by atoms with Crippen LogP contribution in [0.5, 0.6) is 0 Å². The first-order valence-electron chi connectivity index (χ1n) is 29.9. The smallest absolute Gasteiger partial charge is 0.243 e. The number of carbonyl (C=O) groups is 8. The zero-order valence-electron chi connectivity index (χ0n) is 51.7. The molecule has 7 rings (SSSR count). The Morgan fingerprint density at radius 3 is 0.534 bits per heavy atom. The Balaban J connectivity index is 1.25. The molecule has 0 spiro atoms. The number of primary amides is 1. The van der Waals surface area contributed by atoms with Crippen molar-refractivity contribution in [2.24, 2.45) is 5.73 Å².